The standard InChI is InChI=1S/C16H24N2O4/c19-15(12-18-16(20)14-8-4-10-22-14)17-9-5-11-21-13-6-2-1-3-7-13/h4,8,10,13H,1-3,5-7,9,11-12H2,(H,17,19)(H,18,20). The molecule has 0 aliphatic heterocycles. The lowest BCUT2D eigenvalue weighted by Gasteiger charge is -2.21. The topological polar surface area (TPSA) is 80.6 Å². The van der Waals surface area contributed by atoms with Gasteiger partial charge in [0.25, 0.3) is 5.91 Å². The molecule has 0 aromatic carbocycles. The Hall–Kier alpha value is -1.82. The van der Waals surface area contributed by atoms with E-state index >= 15 is 0 Å². The van der Waals surface area contributed by atoms with Crippen LogP contribution < -0.4 is 10.6 Å². The number of nitrogens with one attached hydrogen (secondary N) is 2. The summed E-state index contributed by atoms with van der Waals surface area (Å²) in [5, 5.41) is 5.26. The third-order valence-corrected chi connectivity index (χ3v) is 3.70. The highest BCUT2D eigenvalue weighted by molar-refractivity contribution is 5.94. The van der Waals surface area contributed by atoms with Crippen molar-refractivity contribution in [1.29, 1.82) is 0 Å². The average molecular weight is 308 g/mol. The minimum atomic E-state index is -0.388. The van der Waals surface area contributed by atoms with E-state index in [-0.39, 0.29) is 24.1 Å². The zero-order valence-corrected chi connectivity index (χ0v) is 12.8. The maximum atomic E-state index is 11.6. The predicted molar refractivity (Wildman–Crippen MR) is 81.5 cm³/mol. The molecule has 22 heavy (non-hydrogen) atoms. The summed E-state index contributed by atoms with van der Waals surface area (Å²) in [5.74, 6) is -0.396. The second-order valence-electron chi connectivity index (χ2n) is 5.49. The van der Waals surface area contributed by atoms with Crippen molar-refractivity contribution in [3.05, 3.63) is 24.2 Å². The first-order chi connectivity index (χ1) is 10.8. The number of rotatable bonds is 8. The van der Waals surface area contributed by atoms with E-state index in [0.717, 1.165) is 19.3 Å². The van der Waals surface area contributed by atoms with E-state index in [9.17, 15) is 9.59 Å². The quantitative estimate of drug-likeness (QED) is 0.718. The van der Waals surface area contributed by atoms with Crippen LogP contribution in [-0.2, 0) is 9.53 Å². The number of hydrogen-bond donors (Lipinski definition) is 2. The van der Waals surface area contributed by atoms with Crippen molar-refractivity contribution in [2.24, 2.45) is 0 Å². The first kappa shape index (κ1) is 16.5. The van der Waals surface area contributed by atoms with Crippen LogP contribution in [0.4, 0.5) is 0 Å². The fraction of sp³-hybridized carbons (Fsp3) is 0.625. The van der Waals surface area contributed by atoms with Crippen LogP contribution in [0.1, 0.15) is 49.1 Å². The van der Waals surface area contributed by atoms with Crippen molar-refractivity contribution in [2.45, 2.75) is 44.6 Å². The summed E-state index contributed by atoms with van der Waals surface area (Å²) >= 11 is 0. The molecule has 0 atom stereocenters. The maximum Gasteiger partial charge on any atom is 0.287 e. The van der Waals surface area contributed by atoms with Crippen molar-refractivity contribution in [3.8, 4) is 0 Å². The molecule has 2 N–H and O–H groups in total. The van der Waals surface area contributed by atoms with Crippen LogP contribution in [0, 0.1) is 0 Å². The molecule has 0 bridgehead atoms. The van der Waals surface area contributed by atoms with E-state index in [2.05, 4.69) is 10.6 Å². The number of carbonyl (C=O) groups is 2. The van der Waals surface area contributed by atoms with Gasteiger partial charge in [0.15, 0.2) is 5.76 Å². The van der Waals surface area contributed by atoms with E-state index in [4.69, 9.17) is 9.15 Å². The van der Waals surface area contributed by atoms with Gasteiger partial charge < -0.3 is 19.8 Å². The molecule has 6 nitrogen and oxygen atoms in total. The van der Waals surface area contributed by atoms with Gasteiger partial charge in [-0.3, -0.25) is 9.59 Å². The van der Waals surface area contributed by atoms with Crippen LogP contribution in [-0.4, -0.2) is 37.6 Å². The predicted octanol–water partition coefficient (Wildman–Crippen LogP) is 1.86. The van der Waals surface area contributed by atoms with E-state index in [0.29, 0.717) is 19.3 Å². The van der Waals surface area contributed by atoms with Gasteiger partial charge in [0, 0.05) is 13.2 Å². The molecule has 1 aromatic rings. The second kappa shape index (κ2) is 9.25. The second-order valence-corrected chi connectivity index (χ2v) is 5.49. The van der Waals surface area contributed by atoms with E-state index in [1.807, 2.05) is 0 Å². The molecule has 1 heterocycles. The normalized spacial score (nSPS) is 15.5. The Labute approximate surface area is 130 Å². The number of furan rings is 1. The third kappa shape index (κ3) is 5.89. The molecule has 2 amide bonds. The lowest BCUT2D eigenvalue weighted by atomic mass is 9.98. The molecule has 122 valence electrons. The average Bonchev–Trinajstić information content (AvgIpc) is 3.08. The highest BCUT2D eigenvalue weighted by Crippen LogP contribution is 2.20. The van der Waals surface area contributed by atoms with Crippen molar-refractivity contribution < 1.29 is 18.7 Å². The zero-order chi connectivity index (χ0) is 15.6. The van der Waals surface area contributed by atoms with Crippen LogP contribution in [0.15, 0.2) is 22.8 Å². The van der Waals surface area contributed by atoms with Gasteiger partial charge in [0.1, 0.15) is 0 Å². The number of ether oxygens (including phenoxy) is 1. The number of carbonyl (C=O) groups excluding carboxylic acids is 2. The fourth-order valence-electron chi connectivity index (χ4n) is 2.50. The van der Waals surface area contributed by atoms with Crippen LogP contribution in [0.3, 0.4) is 0 Å². The lowest BCUT2D eigenvalue weighted by Crippen LogP contribution is -2.37. The molecular formula is C16H24N2O4. The number of hydrogen-bond acceptors (Lipinski definition) is 4. The van der Waals surface area contributed by atoms with Crippen molar-refractivity contribution in [1.82, 2.24) is 10.6 Å². The van der Waals surface area contributed by atoms with Gasteiger partial charge in [-0.05, 0) is 31.4 Å². The Balaban J connectivity index is 1.48. The molecule has 6 heteroatoms. The molecule has 1 saturated carbocycles. The maximum absolute atomic E-state index is 11.6. The highest BCUT2D eigenvalue weighted by Gasteiger charge is 2.13. The molecule has 1 aromatic heterocycles. The summed E-state index contributed by atoms with van der Waals surface area (Å²) < 4.78 is 10.7. The molecule has 0 saturated heterocycles. The van der Waals surface area contributed by atoms with Crippen LogP contribution >= 0.6 is 0 Å². The first-order valence-electron chi connectivity index (χ1n) is 7.95. The Morgan fingerprint density at radius 2 is 2.05 bits per heavy atom. The summed E-state index contributed by atoms with van der Waals surface area (Å²) in [6.45, 7) is 1.18. The summed E-state index contributed by atoms with van der Waals surface area (Å²) in [6, 6.07) is 3.18. The van der Waals surface area contributed by atoms with Crippen LogP contribution in [0.25, 0.3) is 0 Å². The Morgan fingerprint density at radius 3 is 2.77 bits per heavy atom. The minimum absolute atomic E-state index is 0.0526. The summed E-state index contributed by atoms with van der Waals surface area (Å²) in [7, 11) is 0. The van der Waals surface area contributed by atoms with Gasteiger partial charge in [0.05, 0.1) is 18.9 Å². The molecule has 1 aliphatic rings. The largest absolute Gasteiger partial charge is 0.459 e. The lowest BCUT2D eigenvalue weighted by molar-refractivity contribution is -0.120. The number of amides is 2. The summed E-state index contributed by atoms with van der Waals surface area (Å²) in [5.41, 5.74) is 0. The highest BCUT2D eigenvalue weighted by atomic mass is 16.5. The Bertz CT molecular complexity index is 453. The molecule has 1 aliphatic carbocycles. The van der Waals surface area contributed by atoms with Gasteiger partial charge in [-0.25, -0.2) is 0 Å². The smallest absolute Gasteiger partial charge is 0.287 e. The van der Waals surface area contributed by atoms with Gasteiger partial charge in [-0.2, -0.15) is 0 Å². The molecule has 2 rings (SSSR count). The minimum Gasteiger partial charge on any atom is -0.459 e. The first-order valence-corrected chi connectivity index (χ1v) is 7.95. The van der Waals surface area contributed by atoms with Crippen molar-refractivity contribution in [2.75, 3.05) is 19.7 Å². The van der Waals surface area contributed by atoms with Gasteiger partial charge in [-0.1, -0.05) is 19.3 Å². The SMILES string of the molecule is O=C(CNC(=O)c1ccco1)NCCCOC1CCCCC1. The monoisotopic (exact) mass is 308 g/mol. The molecular weight excluding hydrogens is 284 g/mol. The van der Waals surface area contributed by atoms with E-state index in [1.165, 1.54) is 25.5 Å². The van der Waals surface area contributed by atoms with Crippen LogP contribution in [0.2, 0.25) is 0 Å². The van der Waals surface area contributed by atoms with Gasteiger partial charge >= 0.3 is 0 Å². The molecule has 0 spiro atoms. The van der Waals surface area contributed by atoms with Gasteiger partial charge in [0.2, 0.25) is 5.91 Å². The Kier molecular flexibility index (Phi) is 6.96. The summed E-state index contributed by atoms with van der Waals surface area (Å²) in [6.07, 6.45) is 8.76. The van der Waals surface area contributed by atoms with Crippen LogP contribution in [0.5, 0.6) is 0 Å². The fourth-order valence-corrected chi connectivity index (χ4v) is 2.50. The molecule has 1 fully saturated rings. The van der Waals surface area contributed by atoms with Crippen molar-refractivity contribution >= 4 is 11.8 Å². The molecule has 0 unspecified atom stereocenters. The van der Waals surface area contributed by atoms with Crippen molar-refractivity contribution in [3.63, 3.8) is 0 Å². The van der Waals surface area contributed by atoms with E-state index < -0.39 is 0 Å². The molecule has 0 radical (unpaired) electrons. The van der Waals surface area contributed by atoms with E-state index in [1.54, 1.807) is 12.1 Å². The zero-order valence-electron chi connectivity index (χ0n) is 12.8. The Morgan fingerprint density at radius 1 is 1.23 bits per heavy atom. The summed E-state index contributed by atoms with van der Waals surface area (Å²) in [4.78, 5) is 23.1. The third-order valence-electron chi connectivity index (χ3n) is 3.70. The van der Waals surface area contributed by atoms with Gasteiger partial charge in [-0.15, -0.1) is 0 Å².